The van der Waals surface area contributed by atoms with E-state index in [1.807, 2.05) is 0 Å². The van der Waals surface area contributed by atoms with Crippen molar-refractivity contribution in [2.24, 2.45) is 5.73 Å². The van der Waals surface area contributed by atoms with Crippen LogP contribution >= 0.6 is 0 Å². The second kappa shape index (κ2) is 2.70. The van der Waals surface area contributed by atoms with Gasteiger partial charge in [0.25, 0.3) is 0 Å². The largest absolute Gasteiger partial charge is 0.351 e. The summed E-state index contributed by atoms with van der Waals surface area (Å²) in [6.07, 6.45) is 4.70. The Bertz CT molecular complexity index is 239. The molecular weight excluding hydrogens is 136 g/mol. The van der Waals surface area contributed by atoms with Gasteiger partial charge in [-0.3, -0.25) is 0 Å². The van der Waals surface area contributed by atoms with E-state index in [1.54, 1.807) is 0 Å². The first kappa shape index (κ1) is 6.92. The lowest BCUT2D eigenvalue weighted by Crippen LogP contribution is -2.20. The molecular formula is C9H14N2. The van der Waals surface area contributed by atoms with Crippen LogP contribution in [0.1, 0.15) is 24.5 Å². The third-order valence-corrected chi connectivity index (χ3v) is 2.52. The van der Waals surface area contributed by atoms with Crippen molar-refractivity contribution in [3.05, 3.63) is 24.0 Å². The van der Waals surface area contributed by atoms with Gasteiger partial charge in [0.1, 0.15) is 0 Å². The summed E-state index contributed by atoms with van der Waals surface area (Å²) in [6.45, 7) is 1.98. The zero-order chi connectivity index (χ0) is 7.68. The minimum atomic E-state index is 0.610. The maximum Gasteiger partial charge on any atom is 0.0222 e. The Morgan fingerprint density at radius 1 is 1.64 bits per heavy atom. The summed E-state index contributed by atoms with van der Waals surface area (Å²) in [7, 11) is 0. The van der Waals surface area contributed by atoms with E-state index in [1.165, 1.54) is 25.1 Å². The lowest BCUT2D eigenvalue weighted by molar-refractivity contribution is 0.459. The standard InChI is InChI=1S/C9H14N2/c10-7-8-3-1-5-11-6-2-4-9(8)11/h2,4,6,8H,1,3,5,7,10H2/t8-/m0/s1. The number of aryl methyl sites for hydroxylation is 1. The van der Waals surface area contributed by atoms with Crippen LogP contribution < -0.4 is 5.73 Å². The molecule has 0 unspecified atom stereocenters. The molecule has 0 saturated heterocycles. The average molecular weight is 150 g/mol. The van der Waals surface area contributed by atoms with Crippen molar-refractivity contribution < 1.29 is 0 Å². The molecule has 1 aromatic heterocycles. The van der Waals surface area contributed by atoms with E-state index in [-0.39, 0.29) is 0 Å². The number of hydrogen-bond acceptors (Lipinski definition) is 1. The summed E-state index contributed by atoms with van der Waals surface area (Å²) in [5, 5.41) is 0. The van der Waals surface area contributed by atoms with Gasteiger partial charge >= 0.3 is 0 Å². The summed E-state index contributed by atoms with van der Waals surface area (Å²) in [6, 6.07) is 4.31. The van der Waals surface area contributed by atoms with Crippen LogP contribution in [0.25, 0.3) is 0 Å². The number of aromatic nitrogens is 1. The summed E-state index contributed by atoms with van der Waals surface area (Å²) < 4.78 is 2.32. The Hall–Kier alpha value is -0.760. The second-order valence-corrected chi connectivity index (χ2v) is 3.20. The van der Waals surface area contributed by atoms with E-state index in [0.29, 0.717) is 5.92 Å². The molecule has 1 aliphatic rings. The molecule has 2 heterocycles. The quantitative estimate of drug-likeness (QED) is 0.643. The van der Waals surface area contributed by atoms with Crippen molar-refractivity contribution in [1.29, 1.82) is 0 Å². The molecule has 11 heavy (non-hydrogen) atoms. The molecule has 0 amide bonds. The molecule has 0 saturated carbocycles. The Balaban J connectivity index is 2.32. The lowest BCUT2D eigenvalue weighted by atomic mass is 9.96. The van der Waals surface area contributed by atoms with E-state index in [4.69, 9.17) is 5.73 Å². The van der Waals surface area contributed by atoms with E-state index < -0.39 is 0 Å². The fourth-order valence-electron chi connectivity index (χ4n) is 1.90. The van der Waals surface area contributed by atoms with Gasteiger partial charge in [0.15, 0.2) is 0 Å². The first-order valence-corrected chi connectivity index (χ1v) is 4.27. The van der Waals surface area contributed by atoms with Gasteiger partial charge in [-0.15, -0.1) is 0 Å². The predicted molar refractivity (Wildman–Crippen MR) is 45.5 cm³/mol. The van der Waals surface area contributed by atoms with Crippen molar-refractivity contribution in [1.82, 2.24) is 4.57 Å². The van der Waals surface area contributed by atoms with E-state index in [0.717, 1.165) is 6.54 Å². The van der Waals surface area contributed by atoms with Gasteiger partial charge in [0.2, 0.25) is 0 Å². The van der Waals surface area contributed by atoms with Crippen LogP contribution in [0.15, 0.2) is 18.3 Å². The topological polar surface area (TPSA) is 30.9 Å². The Labute approximate surface area is 67.0 Å². The molecule has 1 aliphatic heterocycles. The molecule has 2 N–H and O–H groups in total. The lowest BCUT2D eigenvalue weighted by Gasteiger charge is -2.23. The van der Waals surface area contributed by atoms with Crippen molar-refractivity contribution >= 4 is 0 Å². The Morgan fingerprint density at radius 2 is 2.55 bits per heavy atom. The first-order valence-electron chi connectivity index (χ1n) is 4.27. The monoisotopic (exact) mass is 150 g/mol. The molecule has 1 atom stereocenters. The van der Waals surface area contributed by atoms with Crippen LogP contribution in [0.4, 0.5) is 0 Å². The fraction of sp³-hybridized carbons (Fsp3) is 0.556. The highest BCUT2D eigenvalue weighted by Gasteiger charge is 2.17. The van der Waals surface area contributed by atoms with E-state index in [2.05, 4.69) is 22.9 Å². The van der Waals surface area contributed by atoms with Crippen LogP contribution in [0.3, 0.4) is 0 Å². The Kier molecular flexibility index (Phi) is 1.70. The molecule has 0 radical (unpaired) electrons. The highest BCUT2D eigenvalue weighted by Crippen LogP contribution is 2.25. The molecule has 2 nitrogen and oxygen atoms in total. The van der Waals surface area contributed by atoms with Crippen molar-refractivity contribution in [3.63, 3.8) is 0 Å². The van der Waals surface area contributed by atoms with E-state index in [9.17, 15) is 0 Å². The third kappa shape index (κ3) is 1.07. The van der Waals surface area contributed by atoms with Crippen LogP contribution in [0.5, 0.6) is 0 Å². The molecule has 0 aromatic carbocycles. The van der Waals surface area contributed by atoms with Crippen LogP contribution in [-0.4, -0.2) is 11.1 Å². The van der Waals surface area contributed by atoms with Gasteiger partial charge in [-0.25, -0.2) is 0 Å². The highest BCUT2D eigenvalue weighted by atomic mass is 15.0. The molecule has 0 aliphatic carbocycles. The highest BCUT2D eigenvalue weighted by molar-refractivity contribution is 5.14. The van der Waals surface area contributed by atoms with Crippen molar-refractivity contribution in [3.8, 4) is 0 Å². The van der Waals surface area contributed by atoms with Gasteiger partial charge in [-0.1, -0.05) is 0 Å². The molecule has 2 heteroatoms. The van der Waals surface area contributed by atoms with Gasteiger partial charge in [-0.2, -0.15) is 0 Å². The predicted octanol–water partition coefficient (Wildman–Crippen LogP) is 1.32. The van der Waals surface area contributed by atoms with Crippen LogP contribution in [0, 0.1) is 0 Å². The molecule has 2 rings (SSSR count). The SMILES string of the molecule is NC[C@@H]1CCCn2cccc21. The molecule has 1 aromatic rings. The Morgan fingerprint density at radius 3 is 3.36 bits per heavy atom. The molecule has 0 bridgehead atoms. The maximum absolute atomic E-state index is 5.66. The zero-order valence-electron chi connectivity index (χ0n) is 6.66. The summed E-state index contributed by atoms with van der Waals surface area (Å²) in [4.78, 5) is 0. The summed E-state index contributed by atoms with van der Waals surface area (Å²) >= 11 is 0. The van der Waals surface area contributed by atoms with E-state index >= 15 is 0 Å². The molecule has 0 fully saturated rings. The minimum Gasteiger partial charge on any atom is -0.351 e. The zero-order valence-corrected chi connectivity index (χ0v) is 6.66. The van der Waals surface area contributed by atoms with Gasteiger partial charge < -0.3 is 10.3 Å². The minimum absolute atomic E-state index is 0.610. The van der Waals surface area contributed by atoms with Crippen LogP contribution in [0.2, 0.25) is 0 Å². The number of nitrogens with zero attached hydrogens (tertiary/aromatic N) is 1. The molecule has 60 valence electrons. The van der Waals surface area contributed by atoms with Gasteiger partial charge in [0.05, 0.1) is 0 Å². The summed E-state index contributed by atoms with van der Waals surface area (Å²) in [5.74, 6) is 0.610. The first-order chi connectivity index (χ1) is 5.42. The third-order valence-electron chi connectivity index (χ3n) is 2.52. The van der Waals surface area contributed by atoms with Crippen molar-refractivity contribution in [2.75, 3.05) is 6.54 Å². The van der Waals surface area contributed by atoms with Gasteiger partial charge in [0, 0.05) is 30.9 Å². The van der Waals surface area contributed by atoms with Crippen molar-refractivity contribution in [2.45, 2.75) is 25.3 Å². The number of fused-ring (bicyclic) bond motifs is 1. The summed E-state index contributed by atoms with van der Waals surface area (Å²) in [5.41, 5.74) is 7.09. The normalized spacial score (nSPS) is 23.2. The number of rotatable bonds is 1. The fourth-order valence-corrected chi connectivity index (χ4v) is 1.90. The number of hydrogen-bond donors (Lipinski definition) is 1. The average Bonchev–Trinajstić information content (AvgIpc) is 2.50. The molecule has 0 spiro atoms. The second-order valence-electron chi connectivity index (χ2n) is 3.20. The smallest absolute Gasteiger partial charge is 0.0222 e. The van der Waals surface area contributed by atoms with Gasteiger partial charge in [-0.05, 0) is 25.0 Å². The maximum atomic E-state index is 5.66. The number of nitrogens with two attached hydrogens (primary N) is 1. The van der Waals surface area contributed by atoms with Crippen LogP contribution in [-0.2, 0) is 6.54 Å².